The molecule has 0 unspecified atom stereocenters. The second-order valence-electron chi connectivity index (χ2n) is 6.04. The Morgan fingerprint density at radius 1 is 0.760 bits per heavy atom. The lowest BCUT2D eigenvalue weighted by atomic mass is 10.1. The van der Waals surface area contributed by atoms with Gasteiger partial charge >= 0.3 is 0 Å². The van der Waals surface area contributed by atoms with Crippen LogP contribution in [0.4, 0.5) is 0 Å². The Labute approximate surface area is 152 Å². The van der Waals surface area contributed by atoms with Crippen LogP contribution in [-0.2, 0) is 0 Å². The second-order valence-corrected chi connectivity index (χ2v) is 6.47. The molecule has 0 atom stereocenters. The summed E-state index contributed by atoms with van der Waals surface area (Å²) >= 11 is 6.04. The van der Waals surface area contributed by atoms with E-state index in [4.69, 9.17) is 16.7 Å². The van der Waals surface area contributed by atoms with Crippen LogP contribution in [-0.4, -0.2) is 9.78 Å². The number of nitrogens with zero attached hydrogens (tertiary/aromatic N) is 2. The van der Waals surface area contributed by atoms with Gasteiger partial charge in [-0.15, -0.1) is 0 Å². The van der Waals surface area contributed by atoms with Gasteiger partial charge in [0.1, 0.15) is 0 Å². The van der Waals surface area contributed by atoms with Crippen molar-refractivity contribution >= 4 is 11.6 Å². The number of aromatic nitrogens is 2. The van der Waals surface area contributed by atoms with Crippen LogP contribution >= 0.6 is 11.6 Å². The topological polar surface area (TPSA) is 17.8 Å². The van der Waals surface area contributed by atoms with Crippen molar-refractivity contribution in [1.29, 1.82) is 0 Å². The number of halogens is 1. The maximum atomic E-state index is 6.04. The molecular weight excluding hydrogens is 328 g/mol. The molecule has 0 aliphatic carbocycles. The first-order valence-electron chi connectivity index (χ1n) is 8.19. The van der Waals surface area contributed by atoms with Crippen LogP contribution in [0.25, 0.3) is 28.2 Å². The van der Waals surface area contributed by atoms with Crippen LogP contribution in [0.1, 0.15) is 5.56 Å². The summed E-state index contributed by atoms with van der Waals surface area (Å²) in [6, 6.07) is 28.6. The van der Waals surface area contributed by atoms with Crippen molar-refractivity contribution in [2.24, 2.45) is 0 Å². The van der Waals surface area contributed by atoms with E-state index >= 15 is 0 Å². The van der Waals surface area contributed by atoms with Gasteiger partial charge in [0, 0.05) is 16.1 Å². The van der Waals surface area contributed by atoms with Gasteiger partial charge in [-0.25, -0.2) is 4.68 Å². The number of aryl methyl sites for hydroxylation is 1. The van der Waals surface area contributed by atoms with Crippen molar-refractivity contribution in [3.63, 3.8) is 0 Å². The SMILES string of the molecule is Cc1ccc(-c2cc(-c3ccccc3)n(-c3ccc(Cl)cc3)n2)cc1. The Bertz CT molecular complexity index is 985. The van der Waals surface area contributed by atoms with Crippen LogP contribution in [0.3, 0.4) is 0 Å². The van der Waals surface area contributed by atoms with Gasteiger partial charge in [-0.1, -0.05) is 71.8 Å². The molecule has 122 valence electrons. The van der Waals surface area contributed by atoms with Gasteiger partial charge in [-0.3, -0.25) is 0 Å². The molecule has 4 aromatic rings. The first-order valence-corrected chi connectivity index (χ1v) is 8.57. The number of hydrogen-bond acceptors (Lipinski definition) is 1. The van der Waals surface area contributed by atoms with Gasteiger partial charge < -0.3 is 0 Å². The van der Waals surface area contributed by atoms with E-state index in [1.54, 1.807) is 0 Å². The van der Waals surface area contributed by atoms with E-state index in [0.717, 1.165) is 33.2 Å². The predicted octanol–water partition coefficient (Wildman–Crippen LogP) is 6.17. The predicted molar refractivity (Wildman–Crippen MR) is 104 cm³/mol. The van der Waals surface area contributed by atoms with Gasteiger partial charge in [-0.05, 0) is 37.3 Å². The fourth-order valence-electron chi connectivity index (χ4n) is 2.84. The normalized spacial score (nSPS) is 10.8. The lowest BCUT2D eigenvalue weighted by Crippen LogP contribution is -1.98. The van der Waals surface area contributed by atoms with Crippen LogP contribution in [0.5, 0.6) is 0 Å². The van der Waals surface area contributed by atoms with Crippen LogP contribution in [0, 0.1) is 6.92 Å². The van der Waals surface area contributed by atoms with Crippen molar-refractivity contribution in [3.05, 3.63) is 95.5 Å². The van der Waals surface area contributed by atoms with E-state index in [9.17, 15) is 0 Å². The Morgan fingerprint density at radius 2 is 1.44 bits per heavy atom. The molecule has 2 nitrogen and oxygen atoms in total. The summed E-state index contributed by atoms with van der Waals surface area (Å²) < 4.78 is 1.97. The maximum Gasteiger partial charge on any atom is 0.0934 e. The van der Waals surface area contributed by atoms with Crippen molar-refractivity contribution in [1.82, 2.24) is 9.78 Å². The van der Waals surface area contributed by atoms with E-state index in [0.29, 0.717) is 0 Å². The van der Waals surface area contributed by atoms with Gasteiger partial charge in [0.2, 0.25) is 0 Å². The third-order valence-electron chi connectivity index (χ3n) is 4.20. The van der Waals surface area contributed by atoms with Gasteiger partial charge in [-0.2, -0.15) is 5.10 Å². The highest BCUT2D eigenvalue weighted by atomic mass is 35.5. The summed E-state index contributed by atoms with van der Waals surface area (Å²) in [6.45, 7) is 2.09. The zero-order valence-corrected chi connectivity index (χ0v) is 14.6. The van der Waals surface area contributed by atoms with Gasteiger partial charge in [0.15, 0.2) is 0 Å². The molecular formula is C22H17ClN2. The summed E-state index contributed by atoms with van der Waals surface area (Å²) in [4.78, 5) is 0. The monoisotopic (exact) mass is 344 g/mol. The van der Waals surface area contributed by atoms with Gasteiger partial charge in [0.25, 0.3) is 0 Å². The largest absolute Gasteiger partial charge is 0.232 e. The third-order valence-corrected chi connectivity index (χ3v) is 4.45. The first kappa shape index (κ1) is 15.7. The smallest absolute Gasteiger partial charge is 0.0934 e. The Balaban J connectivity index is 1.89. The fourth-order valence-corrected chi connectivity index (χ4v) is 2.97. The molecule has 0 N–H and O–H groups in total. The van der Waals surface area contributed by atoms with Crippen molar-refractivity contribution < 1.29 is 0 Å². The second kappa shape index (κ2) is 6.58. The van der Waals surface area contributed by atoms with Crippen molar-refractivity contribution in [2.45, 2.75) is 6.92 Å². The minimum Gasteiger partial charge on any atom is -0.232 e. The quantitative estimate of drug-likeness (QED) is 0.434. The molecule has 0 radical (unpaired) electrons. The third kappa shape index (κ3) is 3.21. The van der Waals surface area contributed by atoms with E-state index in [1.165, 1.54) is 5.56 Å². The van der Waals surface area contributed by atoms with E-state index < -0.39 is 0 Å². The molecule has 3 aromatic carbocycles. The lowest BCUT2D eigenvalue weighted by molar-refractivity contribution is 0.892. The molecule has 0 aliphatic heterocycles. The molecule has 0 saturated carbocycles. The molecule has 25 heavy (non-hydrogen) atoms. The van der Waals surface area contributed by atoms with Crippen molar-refractivity contribution in [2.75, 3.05) is 0 Å². The summed E-state index contributed by atoms with van der Waals surface area (Å²) in [6.07, 6.45) is 0. The van der Waals surface area contributed by atoms with Gasteiger partial charge in [0.05, 0.1) is 17.1 Å². The summed E-state index contributed by atoms with van der Waals surface area (Å²) in [7, 11) is 0. The Morgan fingerprint density at radius 3 is 2.12 bits per heavy atom. The fraction of sp³-hybridized carbons (Fsp3) is 0.0455. The molecule has 0 saturated heterocycles. The maximum absolute atomic E-state index is 6.04. The van der Waals surface area contributed by atoms with E-state index in [-0.39, 0.29) is 0 Å². The average Bonchev–Trinajstić information content (AvgIpc) is 3.09. The molecule has 0 amide bonds. The summed E-state index contributed by atoms with van der Waals surface area (Å²) in [5.74, 6) is 0. The summed E-state index contributed by atoms with van der Waals surface area (Å²) in [5.41, 5.74) is 6.47. The lowest BCUT2D eigenvalue weighted by Gasteiger charge is -2.07. The molecule has 4 rings (SSSR count). The number of hydrogen-bond donors (Lipinski definition) is 0. The van der Waals surface area contributed by atoms with E-state index in [1.807, 2.05) is 47.1 Å². The molecule has 3 heteroatoms. The molecule has 0 spiro atoms. The average molecular weight is 345 g/mol. The molecule has 1 heterocycles. The minimum atomic E-state index is 0.718. The first-order chi connectivity index (χ1) is 12.2. The molecule has 1 aromatic heterocycles. The zero-order valence-electron chi connectivity index (χ0n) is 13.9. The van der Waals surface area contributed by atoms with Crippen LogP contribution in [0.15, 0.2) is 84.9 Å². The van der Waals surface area contributed by atoms with Crippen LogP contribution < -0.4 is 0 Å². The minimum absolute atomic E-state index is 0.718. The molecule has 0 aliphatic rings. The summed E-state index contributed by atoms with van der Waals surface area (Å²) in [5, 5.41) is 5.58. The number of rotatable bonds is 3. The van der Waals surface area contributed by atoms with Crippen molar-refractivity contribution in [3.8, 4) is 28.2 Å². The number of benzene rings is 3. The highest BCUT2D eigenvalue weighted by molar-refractivity contribution is 6.30. The molecule has 0 bridgehead atoms. The van der Waals surface area contributed by atoms with Crippen LogP contribution in [0.2, 0.25) is 5.02 Å². The highest BCUT2D eigenvalue weighted by Crippen LogP contribution is 2.29. The molecule has 0 fully saturated rings. The highest BCUT2D eigenvalue weighted by Gasteiger charge is 2.13. The zero-order chi connectivity index (χ0) is 17.2. The van der Waals surface area contributed by atoms with E-state index in [2.05, 4.69) is 49.4 Å². The standard InChI is InChI=1S/C22H17ClN2/c1-16-7-9-17(10-8-16)21-15-22(18-5-3-2-4-6-18)25(24-21)20-13-11-19(23)12-14-20/h2-15H,1H3. The Hall–Kier alpha value is -2.84. The Kier molecular flexibility index (Phi) is 4.12.